The minimum atomic E-state index is -1.22. The van der Waals surface area contributed by atoms with E-state index in [0.717, 1.165) is 0 Å². The molecule has 0 spiro atoms. The van der Waals surface area contributed by atoms with Gasteiger partial charge in [-0.2, -0.15) is 0 Å². The lowest BCUT2D eigenvalue weighted by atomic mass is 10.0. The quantitative estimate of drug-likeness (QED) is 0.134. The molecule has 194 valence electrons. The number of carbonyl (C=O) groups excluding carboxylic acids is 4. The Morgan fingerprint density at radius 1 is 0.857 bits per heavy atom. The van der Waals surface area contributed by atoms with Crippen LogP contribution in [0.25, 0.3) is 0 Å². The van der Waals surface area contributed by atoms with Crippen LogP contribution in [0, 0.1) is 0 Å². The maximum absolute atomic E-state index is 13.0. The van der Waals surface area contributed by atoms with Crippen LogP contribution in [0.5, 0.6) is 0 Å². The van der Waals surface area contributed by atoms with Gasteiger partial charge in [-0.25, -0.2) is 4.79 Å². The van der Waals surface area contributed by atoms with E-state index in [2.05, 4.69) is 16.0 Å². The summed E-state index contributed by atoms with van der Waals surface area (Å²) in [6, 6.07) is 4.42. The average molecular weight is 493 g/mol. The highest BCUT2D eigenvalue weighted by Gasteiger charge is 2.30. The van der Waals surface area contributed by atoms with Gasteiger partial charge >= 0.3 is 5.97 Å². The fourth-order valence-electron chi connectivity index (χ4n) is 3.21. The maximum Gasteiger partial charge on any atom is 0.326 e. The fraction of sp³-hybridized carbons (Fsp3) is 0.522. The van der Waals surface area contributed by atoms with E-state index in [1.165, 1.54) is 6.92 Å². The number of nitrogens with two attached hydrogens (primary N) is 3. The number of carboxylic acid groups (broad SMARTS) is 1. The SMILES string of the molecule is CC(N)C(=O)NC(CCC(N)=O)C(=O)NC(CCCCN)C(=O)NC(Cc1ccccc1)C(=O)O. The Morgan fingerprint density at radius 3 is 1.91 bits per heavy atom. The average Bonchev–Trinajstić information content (AvgIpc) is 2.80. The van der Waals surface area contributed by atoms with E-state index < -0.39 is 53.8 Å². The summed E-state index contributed by atoms with van der Waals surface area (Å²) in [6.45, 7) is 1.81. The van der Waals surface area contributed by atoms with Gasteiger partial charge in [0, 0.05) is 12.8 Å². The van der Waals surface area contributed by atoms with Crippen LogP contribution in [0.15, 0.2) is 30.3 Å². The third kappa shape index (κ3) is 11.5. The molecule has 35 heavy (non-hydrogen) atoms. The zero-order valence-corrected chi connectivity index (χ0v) is 19.9. The molecule has 0 saturated carbocycles. The van der Waals surface area contributed by atoms with Gasteiger partial charge < -0.3 is 38.3 Å². The molecule has 0 saturated heterocycles. The first kappa shape index (κ1) is 29.5. The van der Waals surface area contributed by atoms with E-state index in [1.807, 2.05) is 0 Å². The molecule has 0 aromatic heterocycles. The Labute approximate surface area is 204 Å². The molecular weight excluding hydrogens is 456 g/mol. The maximum atomic E-state index is 13.0. The van der Waals surface area contributed by atoms with E-state index in [1.54, 1.807) is 30.3 Å². The summed E-state index contributed by atoms with van der Waals surface area (Å²) in [5.74, 6) is -3.92. The Balaban J connectivity index is 2.99. The topological polar surface area (TPSA) is 220 Å². The van der Waals surface area contributed by atoms with Crippen molar-refractivity contribution in [3.63, 3.8) is 0 Å². The van der Waals surface area contributed by atoms with Crippen molar-refractivity contribution in [3.05, 3.63) is 35.9 Å². The largest absolute Gasteiger partial charge is 0.480 e. The molecule has 4 amide bonds. The van der Waals surface area contributed by atoms with Crippen molar-refractivity contribution in [3.8, 4) is 0 Å². The number of primary amides is 1. The summed E-state index contributed by atoms with van der Waals surface area (Å²) in [5, 5.41) is 17.1. The van der Waals surface area contributed by atoms with Crippen LogP contribution in [0.2, 0.25) is 0 Å². The number of amides is 4. The van der Waals surface area contributed by atoms with Gasteiger partial charge in [0.25, 0.3) is 0 Å². The molecule has 10 N–H and O–H groups in total. The number of hydrogen-bond acceptors (Lipinski definition) is 7. The summed E-state index contributed by atoms with van der Waals surface area (Å²) in [4.78, 5) is 60.9. The lowest BCUT2D eigenvalue weighted by molar-refractivity contribution is -0.142. The molecule has 0 aliphatic heterocycles. The number of nitrogens with one attached hydrogen (secondary N) is 3. The van der Waals surface area contributed by atoms with Crippen molar-refractivity contribution < 1.29 is 29.1 Å². The molecule has 1 aromatic carbocycles. The molecule has 4 unspecified atom stereocenters. The second-order valence-electron chi connectivity index (χ2n) is 8.29. The Hall–Kier alpha value is -3.51. The first-order valence-corrected chi connectivity index (χ1v) is 11.5. The second-order valence-corrected chi connectivity index (χ2v) is 8.29. The minimum Gasteiger partial charge on any atom is -0.480 e. The van der Waals surface area contributed by atoms with E-state index in [9.17, 15) is 29.1 Å². The molecule has 0 fully saturated rings. The molecule has 12 heteroatoms. The van der Waals surface area contributed by atoms with Gasteiger partial charge in [-0.1, -0.05) is 30.3 Å². The van der Waals surface area contributed by atoms with Gasteiger partial charge in [0.1, 0.15) is 18.1 Å². The third-order valence-electron chi connectivity index (χ3n) is 5.20. The van der Waals surface area contributed by atoms with Crippen molar-refractivity contribution in [2.24, 2.45) is 17.2 Å². The predicted molar refractivity (Wildman–Crippen MR) is 129 cm³/mol. The van der Waals surface area contributed by atoms with Gasteiger partial charge in [0.15, 0.2) is 0 Å². The van der Waals surface area contributed by atoms with Crippen LogP contribution >= 0.6 is 0 Å². The molecule has 0 radical (unpaired) electrons. The van der Waals surface area contributed by atoms with Gasteiger partial charge in [-0.3, -0.25) is 19.2 Å². The standard InChI is InChI=1S/C23H36N6O6/c1-14(25)20(31)27-17(10-11-19(26)30)22(33)28-16(9-5-6-12-24)21(32)29-18(23(34)35)13-15-7-3-2-4-8-15/h2-4,7-8,14,16-18H,5-6,9-13,24-25H2,1H3,(H2,26,30)(H,27,31)(H,28,33)(H,29,32)(H,34,35). The zero-order valence-electron chi connectivity index (χ0n) is 19.9. The molecule has 0 aliphatic carbocycles. The van der Waals surface area contributed by atoms with Gasteiger partial charge in [-0.05, 0) is 44.7 Å². The third-order valence-corrected chi connectivity index (χ3v) is 5.20. The molecule has 0 bridgehead atoms. The van der Waals surface area contributed by atoms with Crippen LogP contribution < -0.4 is 33.2 Å². The van der Waals surface area contributed by atoms with Crippen molar-refractivity contribution >= 4 is 29.6 Å². The van der Waals surface area contributed by atoms with Gasteiger partial charge in [-0.15, -0.1) is 0 Å². The van der Waals surface area contributed by atoms with Crippen LogP contribution in [-0.4, -0.2) is 65.4 Å². The molecule has 4 atom stereocenters. The number of unbranched alkanes of at least 4 members (excludes halogenated alkanes) is 1. The molecule has 1 rings (SSSR count). The lowest BCUT2D eigenvalue weighted by Gasteiger charge is -2.25. The van der Waals surface area contributed by atoms with Gasteiger partial charge in [0.05, 0.1) is 6.04 Å². The summed E-state index contributed by atoms with van der Waals surface area (Å²) >= 11 is 0. The molecule has 12 nitrogen and oxygen atoms in total. The second kappa shape index (κ2) is 15.4. The van der Waals surface area contributed by atoms with Crippen molar-refractivity contribution in [2.75, 3.05) is 6.54 Å². The number of carbonyl (C=O) groups is 5. The summed E-state index contributed by atoms with van der Waals surface area (Å²) < 4.78 is 0. The normalized spacial score (nSPS) is 14.1. The zero-order chi connectivity index (χ0) is 26.4. The van der Waals surface area contributed by atoms with Crippen LogP contribution in [0.4, 0.5) is 0 Å². The minimum absolute atomic E-state index is 0.0526. The van der Waals surface area contributed by atoms with Crippen molar-refractivity contribution in [1.82, 2.24) is 16.0 Å². The molecule has 0 aliphatic rings. The van der Waals surface area contributed by atoms with E-state index in [-0.39, 0.29) is 25.7 Å². The Morgan fingerprint density at radius 2 is 1.40 bits per heavy atom. The van der Waals surface area contributed by atoms with E-state index in [0.29, 0.717) is 24.9 Å². The highest BCUT2D eigenvalue weighted by atomic mass is 16.4. The molecular formula is C23H36N6O6. The number of hydrogen-bond donors (Lipinski definition) is 7. The summed E-state index contributed by atoms with van der Waals surface area (Å²) in [5.41, 5.74) is 17.0. The highest BCUT2D eigenvalue weighted by Crippen LogP contribution is 2.07. The fourth-order valence-corrected chi connectivity index (χ4v) is 3.21. The lowest BCUT2D eigenvalue weighted by Crippen LogP contribution is -2.57. The molecule has 1 aromatic rings. The monoisotopic (exact) mass is 492 g/mol. The number of benzene rings is 1. The van der Waals surface area contributed by atoms with Crippen LogP contribution in [0.1, 0.15) is 44.6 Å². The number of carboxylic acids is 1. The van der Waals surface area contributed by atoms with E-state index >= 15 is 0 Å². The smallest absolute Gasteiger partial charge is 0.326 e. The van der Waals surface area contributed by atoms with Crippen LogP contribution in [-0.2, 0) is 30.4 Å². The van der Waals surface area contributed by atoms with Gasteiger partial charge in [0.2, 0.25) is 23.6 Å². The summed E-state index contributed by atoms with van der Waals surface area (Å²) in [6.07, 6.45) is 1.04. The van der Waals surface area contributed by atoms with Crippen molar-refractivity contribution in [2.45, 2.75) is 69.6 Å². The van der Waals surface area contributed by atoms with E-state index in [4.69, 9.17) is 17.2 Å². The Bertz CT molecular complexity index is 863. The number of aliphatic carboxylic acids is 1. The first-order valence-electron chi connectivity index (χ1n) is 11.5. The number of rotatable bonds is 16. The Kier molecular flexibility index (Phi) is 13.0. The molecule has 0 heterocycles. The highest BCUT2D eigenvalue weighted by molar-refractivity contribution is 5.94. The van der Waals surface area contributed by atoms with Crippen LogP contribution in [0.3, 0.4) is 0 Å². The summed E-state index contributed by atoms with van der Waals surface area (Å²) in [7, 11) is 0. The first-order chi connectivity index (χ1) is 16.5. The predicted octanol–water partition coefficient (Wildman–Crippen LogP) is -1.49. The van der Waals surface area contributed by atoms with Crippen molar-refractivity contribution in [1.29, 1.82) is 0 Å².